The Hall–Kier alpha value is -1.35. The molecule has 0 aliphatic heterocycles. The van der Waals surface area contributed by atoms with Gasteiger partial charge in [-0.1, -0.05) is 19.1 Å². The van der Waals surface area contributed by atoms with Gasteiger partial charge < -0.3 is 0 Å². The summed E-state index contributed by atoms with van der Waals surface area (Å²) in [6, 6.07) is 7.74. The number of aromatic nitrogens is 2. The van der Waals surface area contributed by atoms with Crippen LogP contribution in [0.3, 0.4) is 0 Å². The zero-order valence-electron chi connectivity index (χ0n) is 11.1. The van der Waals surface area contributed by atoms with E-state index in [0.29, 0.717) is 17.1 Å². The average Bonchev–Trinajstić information content (AvgIpc) is 2.35. The lowest BCUT2D eigenvalue weighted by atomic mass is 9.81. The lowest BCUT2D eigenvalue weighted by molar-refractivity contribution is 0.206. The van der Waals surface area contributed by atoms with Crippen LogP contribution in [0.4, 0.5) is 0 Å². The number of hydrogen-bond donors (Lipinski definition) is 0. The summed E-state index contributed by atoms with van der Waals surface area (Å²) in [5.41, 5.74) is 0.781. The first kappa shape index (κ1) is 12.7. The van der Waals surface area contributed by atoms with Crippen LogP contribution >= 0.6 is 11.6 Å². The monoisotopic (exact) mass is 276 g/mol. The Labute approximate surface area is 117 Å². The first-order chi connectivity index (χ1) is 9.08. The van der Waals surface area contributed by atoms with Crippen LogP contribution in [0.15, 0.2) is 29.1 Å². The molecule has 1 aromatic carbocycles. The maximum Gasteiger partial charge on any atom is 0.261 e. The fourth-order valence-electron chi connectivity index (χ4n) is 2.87. The molecular formula is C15H17ClN2O. The van der Waals surface area contributed by atoms with Crippen LogP contribution in [-0.2, 0) is 0 Å². The number of fused-ring (bicyclic) bond motifs is 1. The Morgan fingerprint density at radius 2 is 2.05 bits per heavy atom. The molecule has 1 aromatic heterocycles. The summed E-state index contributed by atoms with van der Waals surface area (Å²) in [7, 11) is 0. The second-order valence-corrected chi connectivity index (χ2v) is 6.16. The molecule has 19 heavy (non-hydrogen) atoms. The van der Waals surface area contributed by atoms with E-state index in [1.54, 1.807) is 0 Å². The van der Waals surface area contributed by atoms with Crippen molar-refractivity contribution in [3.8, 4) is 0 Å². The number of benzene rings is 1. The Morgan fingerprint density at radius 3 is 2.68 bits per heavy atom. The van der Waals surface area contributed by atoms with Crippen molar-refractivity contribution in [1.82, 2.24) is 9.55 Å². The molecule has 1 aliphatic carbocycles. The molecule has 3 nitrogen and oxygen atoms in total. The zero-order valence-corrected chi connectivity index (χ0v) is 11.9. The third-order valence-electron chi connectivity index (χ3n) is 3.90. The molecule has 0 spiro atoms. The molecular weight excluding hydrogens is 260 g/mol. The molecule has 1 heterocycles. The topological polar surface area (TPSA) is 34.9 Å². The molecule has 3 rings (SSSR count). The van der Waals surface area contributed by atoms with Gasteiger partial charge in [0.25, 0.3) is 5.56 Å². The van der Waals surface area contributed by atoms with E-state index in [1.165, 1.54) is 0 Å². The quantitative estimate of drug-likeness (QED) is 0.785. The fraction of sp³-hybridized carbons (Fsp3) is 0.467. The molecule has 4 heteroatoms. The third kappa shape index (κ3) is 2.06. The zero-order chi connectivity index (χ0) is 13.6. The van der Waals surface area contributed by atoms with E-state index in [0.717, 1.165) is 18.4 Å². The number of hydrogen-bond acceptors (Lipinski definition) is 2. The van der Waals surface area contributed by atoms with Gasteiger partial charge in [-0.2, -0.15) is 0 Å². The Kier molecular flexibility index (Phi) is 3.09. The largest absolute Gasteiger partial charge is 0.292 e. The Morgan fingerprint density at radius 1 is 1.37 bits per heavy atom. The predicted molar refractivity (Wildman–Crippen MR) is 77.7 cm³/mol. The van der Waals surface area contributed by atoms with Crippen molar-refractivity contribution in [3.63, 3.8) is 0 Å². The molecule has 0 saturated heterocycles. The van der Waals surface area contributed by atoms with Gasteiger partial charge >= 0.3 is 0 Å². The van der Waals surface area contributed by atoms with Gasteiger partial charge in [0.2, 0.25) is 0 Å². The van der Waals surface area contributed by atoms with Crippen LogP contribution in [-0.4, -0.2) is 9.55 Å². The lowest BCUT2D eigenvalue weighted by Crippen LogP contribution is -2.36. The van der Waals surface area contributed by atoms with Crippen molar-refractivity contribution < 1.29 is 0 Å². The predicted octanol–water partition coefficient (Wildman–Crippen LogP) is 3.67. The average molecular weight is 277 g/mol. The molecule has 1 aliphatic rings. The van der Waals surface area contributed by atoms with Crippen LogP contribution in [0.1, 0.15) is 43.9 Å². The summed E-state index contributed by atoms with van der Waals surface area (Å²) in [5.74, 6) is 1.38. The minimum atomic E-state index is -0.256. The maximum absolute atomic E-state index is 12.7. The minimum Gasteiger partial charge on any atom is -0.292 e. The Bertz CT molecular complexity index is 671. The normalized spacial score (nSPS) is 24.2. The summed E-state index contributed by atoms with van der Waals surface area (Å²) in [4.78, 5) is 17.3. The van der Waals surface area contributed by atoms with Gasteiger partial charge in [0, 0.05) is 6.04 Å². The summed E-state index contributed by atoms with van der Waals surface area (Å²) >= 11 is 6.22. The molecule has 1 atom stereocenters. The van der Waals surface area contributed by atoms with Crippen molar-refractivity contribution >= 4 is 22.5 Å². The lowest BCUT2D eigenvalue weighted by Gasteiger charge is -2.35. The maximum atomic E-state index is 12.7. The fourth-order valence-corrected chi connectivity index (χ4v) is 3.02. The molecule has 1 unspecified atom stereocenters. The minimum absolute atomic E-state index is 0.0463. The van der Waals surface area contributed by atoms with Crippen LogP contribution in [0.25, 0.3) is 10.9 Å². The van der Waals surface area contributed by atoms with Crippen LogP contribution in [0, 0.1) is 5.92 Å². The van der Waals surface area contributed by atoms with Gasteiger partial charge in [0.05, 0.1) is 16.3 Å². The van der Waals surface area contributed by atoms with Gasteiger partial charge in [-0.25, -0.2) is 4.98 Å². The first-order valence-electron chi connectivity index (χ1n) is 6.73. The SMILES string of the molecule is CC1CC(n2c(C(C)Cl)nc3ccccc3c2=O)C1. The highest BCUT2D eigenvalue weighted by Gasteiger charge is 2.31. The molecule has 0 bridgehead atoms. The van der Waals surface area contributed by atoms with Crippen LogP contribution in [0.2, 0.25) is 0 Å². The number of rotatable bonds is 2. The van der Waals surface area contributed by atoms with Gasteiger partial charge in [-0.3, -0.25) is 9.36 Å². The van der Waals surface area contributed by atoms with Crippen LogP contribution < -0.4 is 5.56 Å². The van der Waals surface area contributed by atoms with Crippen molar-refractivity contribution in [2.24, 2.45) is 5.92 Å². The summed E-state index contributed by atoms with van der Waals surface area (Å²) in [6.07, 6.45) is 2.08. The Balaban J connectivity index is 2.25. The van der Waals surface area contributed by atoms with Crippen molar-refractivity contribution in [2.45, 2.75) is 38.1 Å². The third-order valence-corrected chi connectivity index (χ3v) is 4.10. The second-order valence-electron chi connectivity index (χ2n) is 5.51. The summed E-state index contributed by atoms with van der Waals surface area (Å²) in [6.45, 7) is 4.08. The molecule has 2 aromatic rings. The van der Waals surface area contributed by atoms with E-state index in [-0.39, 0.29) is 17.0 Å². The van der Waals surface area contributed by atoms with E-state index < -0.39 is 0 Å². The second kappa shape index (κ2) is 4.64. The molecule has 0 radical (unpaired) electrons. The number of halogens is 1. The van der Waals surface area contributed by atoms with Crippen LogP contribution in [0.5, 0.6) is 0 Å². The molecule has 1 saturated carbocycles. The van der Waals surface area contributed by atoms with Crippen molar-refractivity contribution in [1.29, 1.82) is 0 Å². The highest BCUT2D eigenvalue weighted by Crippen LogP contribution is 2.38. The van der Waals surface area contributed by atoms with Gasteiger partial charge in [0.15, 0.2) is 0 Å². The standard InChI is InChI=1S/C15H17ClN2O/c1-9-7-11(8-9)18-14(10(2)16)17-13-6-4-3-5-12(13)15(18)19/h3-6,9-11H,7-8H2,1-2H3. The highest BCUT2D eigenvalue weighted by atomic mass is 35.5. The van der Waals surface area contributed by atoms with E-state index in [1.807, 2.05) is 35.8 Å². The smallest absolute Gasteiger partial charge is 0.261 e. The van der Waals surface area contributed by atoms with E-state index in [2.05, 4.69) is 11.9 Å². The highest BCUT2D eigenvalue weighted by molar-refractivity contribution is 6.20. The molecule has 0 N–H and O–H groups in total. The van der Waals surface area contributed by atoms with E-state index in [9.17, 15) is 4.79 Å². The number of para-hydroxylation sites is 1. The molecule has 100 valence electrons. The number of alkyl halides is 1. The molecule has 0 amide bonds. The van der Waals surface area contributed by atoms with Crippen molar-refractivity contribution in [3.05, 3.63) is 40.4 Å². The van der Waals surface area contributed by atoms with E-state index >= 15 is 0 Å². The summed E-state index contributed by atoms with van der Waals surface area (Å²) < 4.78 is 1.82. The van der Waals surface area contributed by atoms with Gasteiger partial charge in [-0.15, -0.1) is 11.6 Å². The molecule has 1 fully saturated rings. The van der Waals surface area contributed by atoms with Crippen molar-refractivity contribution in [2.75, 3.05) is 0 Å². The summed E-state index contributed by atoms with van der Waals surface area (Å²) in [5, 5.41) is 0.427. The first-order valence-corrected chi connectivity index (χ1v) is 7.17. The number of nitrogens with zero attached hydrogens (tertiary/aromatic N) is 2. The van der Waals surface area contributed by atoms with Gasteiger partial charge in [0.1, 0.15) is 5.82 Å². The van der Waals surface area contributed by atoms with E-state index in [4.69, 9.17) is 11.6 Å². The van der Waals surface area contributed by atoms with Gasteiger partial charge in [-0.05, 0) is 37.8 Å².